The highest BCUT2D eigenvalue weighted by Crippen LogP contribution is 2.30. The lowest BCUT2D eigenvalue weighted by atomic mass is 10.1. The first-order chi connectivity index (χ1) is 7.11. The van der Waals surface area contributed by atoms with Crippen molar-refractivity contribution in [3.63, 3.8) is 0 Å². The molecule has 0 aliphatic rings. The predicted octanol–water partition coefficient (Wildman–Crippen LogP) is 3.09. The third-order valence-electron chi connectivity index (χ3n) is 3.08. The monoisotopic (exact) mass is 219 g/mol. The van der Waals surface area contributed by atoms with Crippen LogP contribution in [-0.2, 0) is 0 Å². The first-order valence-corrected chi connectivity index (χ1v) is 8.66. The molecule has 0 fully saturated rings. The summed E-state index contributed by atoms with van der Waals surface area (Å²) in [5, 5.41) is 0. The van der Waals surface area contributed by atoms with Gasteiger partial charge in [-0.25, -0.2) is 0 Å². The van der Waals surface area contributed by atoms with Crippen molar-refractivity contribution in [3.8, 4) is 0 Å². The summed E-state index contributed by atoms with van der Waals surface area (Å²) >= 11 is 0. The van der Waals surface area contributed by atoms with Crippen LogP contribution in [0.5, 0.6) is 0 Å². The van der Waals surface area contributed by atoms with Crippen molar-refractivity contribution in [2.45, 2.75) is 25.1 Å². The molecule has 0 radical (unpaired) electrons. The molecule has 0 bridgehead atoms. The van der Waals surface area contributed by atoms with Gasteiger partial charge in [-0.05, 0) is 24.1 Å². The van der Waals surface area contributed by atoms with Crippen molar-refractivity contribution in [1.82, 2.24) is 0 Å². The summed E-state index contributed by atoms with van der Waals surface area (Å²) in [4.78, 5) is 0. The molecular formula is C13H21NSi. The van der Waals surface area contributed by atoms with E-state index in [2.05, 4.69) is 55.7 Å². The van der Waals surface area contributed by atoms with Crippen LogP contribution < -0.4 is 5.73 Å². The van der Waals surface area contributed by atoms with Crippen LogP contribution in [0.25, 0.3) is 0 Å². The van der Waals surface area contributed by atoms with Crippen molar-refractivity contribution in [2.24, 2.45) is 5.73 Å². The third-order valence-corrected chi connectivity index (χ3v) is 6.55. The van der Waals surface area contributed by atoms with Gasteiger partial charge in [0.05, 0.1) is 8.07 Å². The average Bonchev–Trinajstić information content (AvgIpc) is 2.27. The normalized spacial score (nSPS) is 13.5. The van der Waals surface area contributed by atoms with Crippen molar-refractivity contribution in [3.05, 3.63) is 48.2 Å². The fraction of sp³-hybridized carbons (Fsp3) is 0.385. The smallest absolute Gasteiger partial charge is 0.0783 e. The summed E-state index contributed by atoms with van der Waals surface area (Å²) in [5.74, 6) is 0. The Bertz CT molecular complexity index is 306. The minimum absolute atomic E-state index is 0.598. The minimum atomic E-state index is -1.38. The molecule has 2 N–H and O–H groups in total. The maximum Gasteiger partial charge on any atom is 0.0783 e. The summed E-state index contributed by atoms with van der Waals surface area (Å²) in [5.41, 5.74) is 9.89. The molecule has 2 heteroatoms. The Kier molecular flexibility index (Phi) is 4.30. The molecule has 1 aromatic carbocycles. The van der Waals surface area contributed by atoms with Crippen LogP contribution in [0.1, 0.15) is 17.5 Å². The van der Waals surface area contributed by atoms with E-state index in [1.807, 2.05) is 0 Å². The lowest BCUT2D eigenvalue weighted by Crippen LogP contribution is -2.34. The van der Waals surface area contributed by atoms with Gasteiger partial charge in [0.25, 0.3) is 0 Å². The molecule has 0 heterocycles. The Hall–Kier alpha value is -0.863. The van der Waals surface area contributed by atoms with E-state index in [1.165, 1.54) is 5.56 Å². The van der Waals surface area contributed by atoms with E-state index in [0.717, 1.165) is 13.0 Å². The second-order valence-electron chi connectivity index (χ2n) is 4.57. The zero-order valence-corrected chi connectivity index (χ0v) is 10.7. The van der Waals surface area contributed by atoms with Gasteiger partial charge in [0.2, 0.25) is 0 Å². The van der Waals surface area contributed by atoms with Crippen LogP contribution in [-0.4, -0.2) is 14.6 Å². The number of benzene rings is 1. The Morgan fingerprint density at radius 2 is 1.93 bits per heavy atom. The second-order valence-corrected chi connectivity index (χ2v) is 9.31. The molecule has 0 saturated heterocycles. The van der Waals surface area contributed by atoms with Gasteiger partial charge in [-0.2, -0.15) is 0 Å². The van der Waals surface area contributed by atoms with E-state index < -0.39 is 8.07 Å². The van der Waals surface area contributed by atoms with Crippen LogP contribution in [0, 0.1) is 0 Å². The maximum absolute atomic E-state index is 5.71. The van der Waals surface area contributed by atoms with Gasteiger partial charge in [0.15, 0.2) is 0 Å². The molecule has 0 spiro atoms. The van der Waals surface area contributed by atoms with Crippen LogP contribution in [0.4, 0.5) is 0 Å². The largest absolute Gasteiger partial charge is 0.330 e. The van der Waals surface area contributed by atoms with Crippen LogP contribution in [0.2, 0.25) is 13.1 Å². The van der Waals surface area contributed by atoms with Gasteiger partial charge in [0.1, 0.15) is 0 Å². The molecule has 0 saturated carbocycles. The number of hydrogen-bond donors (Lipinski definition) is 1. The minimum Gasteiger partial charge on any atom is -0.330 e. The van der Waals surface area contributed by atoms with Gasteiger partial charge in [-0.1, -0.05) is 43.4 Å². The van der Waals surface area contributed by atoms with Gasteiger partial charge in [-0.15, -0.1) is 12.3 Å². The fourth-order valence-corrected chi connectivity index (χ4v) is 4.21. The molecule has 0 aromatic heterocycles. The summed E-state index contributed by atoms with van der Waals surface area (Å²) in [6, 6.07) is 10.7. The van der Waals surface area contributed by atoms with E-state index in [4.69, 9.17) is 5.73 Å². The molecular weight excluding hydrogens is 198 g/mol. The molecule has 0 aliphatic heterocycles. The molecule has 1 nitrogen and oxygen atoms in total. The van der Waals surface area contributed by atoms with E-state index >= 15 is 0 Å². The highest BCUT2D eigenvalue weighted by molar-refractivity contribution is 6.83. The molecule has 0 amide bonds. The highest BCUT2D eigenvalue weighted by Gasteiger charge is 2.28. The summed E-state index contributed by atoms with van der Waals surface area (Å²) in [7, 11) is -1.38. The zero-order valence-electron chi connectivity index (χ0n) is 9.74. The molecule has 1 aromatic rings. The van der Waals surface area contributed by atoms with E-state index in [0.29, 0.717) is 5.54 Å². The Morgan fingerprint density at radius 3 is 2.40 bits per heavy atom. The number of nitrogens with two attached hydrogens (primary N) is 1. The Labute approximate surface area is 94.0 Å². The molecule has 82 valence electrons. The molecule has 15 heavy (non-hydrogen) atoms. The summed E-state index contributed by atoms with van der Waals surface area (Å²) < 4.78 is 0. The first kappa shape index (κ1) is 12.2. The first-order valence-electron chi connectivity index (χ1n) is 5.50. The lowest BCUT2D eigenvalue weighted by molar-refractivity contribution is 0.781. The topological polar surface area (TPSA) is 26.0 Å². The molecule has 1 rings (SSSR count). The van der Waals surface area contributed by atoms with Crippen molar-refractivity contribution in [2.75, 3.05) is 6.54 Å². The van der Waals surface area contributed by atoms with Gasteiger partial charge in [-0.3, -0.25) is 0 Å². The third kappa shape index (κ3) is 3.04. The number of rotatable bonds is 5. The van der Waals surface area contributed by atoms with Crippen LogP contribution in [0.15, 0.2) is 42.6 Å². The van der Waals surface area contributed by atoms with Crippen LogP contribution in [0.3, 0.4) is 0 Å². The van der Waals surface area contributed by atoms with Crippen molar-refractivity contribution < 1.29 is 0 Å². The molecule has 1 atom stereocenters. The molecule has 0 aliphatic carbocycles. The standard InChI is InChI=1S/C13H21NSi/c1-4-15(2,3)13(10-11-14)12-8-6-5-7-9-12/h4-9,13H,1,10-11,14H2,2-3H3. The van der Waals surface area contributed by atoms with Gasteiger partial charge in [0, 0.05) is 0 Å². The van der Waals surface area contributed by atoms with Gasteiger partial charge < -0.3 is 5.73 Å². The SMILES string of the molecule is C=C[Si](C)(C)C(CCN)c1ccccc1. The Morgan fingerprint density at radius 1 is 1.33 bits per heavy atom. The van der Waals surface area contributed by atoms with Crippen molar-refractivity contribution >= 4 is 8.07 Å². The summed E-state index contributed by atoms with van der Waals surface area (Å²) in [6.45, 7) is 9.44. The highest BCUT2D eigenvalue weighted by atomic mass is 28.3. The van der Waals surface area contributed by atoms with E-state index in [9.17, 15) is 0 Å². The number of hydrogen-bond acceptors (Lipinski definition) is 1. The average molecular weight is 219 g/mol. The van der Waals surface area contributed by atoms with E-state index in [-0.39, 0.29) is 0 Å². The lowest BCUT2D eigenvalue weighted by Gasteiger charge is -2.29. The summed E-state index contributed by atoms with van der Waals surface area (Å²) in [6.07, 6.45) is 1.06. The van der Waals surface area contributed by atoms with E-state index in [1.54, 1.807) is 0 Å². The maximum atomic E-state index is 5.71. The Balaban J connectivity index is 2.98. The fourth-order valence-electron chi connectivity index (χ4n) is 1.96. The molecule has 1 unspecified atom stereocenters. The van der Waals surface area contributed by atoms with Crippen LogP contribution >= 0.6 is 0 Å². The zero-order chi connectivity index (χ0) is 11.3. The second kappa shape index (κ2) is 5.28. The predicted molar refractivity (Wildman–Crippen MR) is 70.5 cm³/mol. The van der Waals surface area contributed by atoms with Gasteiger partial charge >= 0.3 is 0 Å². The van der Waals surface area contributed by atoms with Crippen molar-refractivity contribution in [1.29, 1.82) is 0 Å². The quantitative estimate of drug-likeness (QED) is 0.757.